The third kappa shape index (κ3) is 3.18. The molecule has 2 nitrogen and oxygen atoms in total. The maximum Gasteiger partial charge on any atom is 0.0832 e. The first-order chi connectivity index (χ1) is 7.14. The molecule has 1 aliphatic rings. The van der Waals surface area contributed by atoms with Gasteiger partial charge in [-0.2, -0.15) is 0 Å². The molecule has 0 amide bonds. The molecule has 0 heterocycles. The lowest BCUT2D eigenvalue weighted by Crippen LogP contribution is -2.52. The molecule has 0 aliphatic heterocycles. The van der Waals surface area contributed by atoms with Crippen molar-refractivity contribution in [3.05, 3.63) is 0 Å². The Kier molecular flexibility index (Phi) is 5.07. The molecule has 0 spiro atoms. The first-order valence-electron chi connectivity index (χ1n) is 6.52. The predicted molar refractivity (Wildman–Crippen MR) is 65.1 cm³/mol. The summed E-state index contributed by atoms with van der Waals surface area (Å²) in [6.45, 7) is 10.8. The van der Waals surface area contributed by atoms with Crippen LogP contribution in [0.3, 0.4) is 0 Å². The van der Waals surface area contributed by atoms with E-state index in [-0.39, 0.29) is 5.60 Å². The fourth-order valence-corrected chi connectivity index (χ4v) is 2.73. The summed E-state index contributed by atoms with van der Waals surface area (Å²) in [5.74, 6) is 0.882. The minimum Gasteiger partial charge on any atom is -0.374 e. The summed E-state index contributed by atoms with van der Waals surface area (Å²) in [7, 11) is 0. The SMILES string of the molecule is CCNC(C)C1(OCC)CCC(C)CC1. The molecule has 0 bridgehead atoms. The van der Waals surface area contributed by atoms with Crippen LogP contribution in [0.2, 0.25) is 0 Å². The fraction of sp³-hybridized carbons (Fsp3) is 1.00. The highest BCUT2D eigenvalue weighted by Crippen LogP contribution is 2.37. The average molecular weight is 213 g/mol. The molecule has 1 unspecified atom stereocenters. The van der Waals surface area contributed by atoms with E-state index < -0.39 is 0 Å². The Bertz CT molecular complexity index is 173. The van der Waals surface area contributed by atoms with E-state index in [0.717, 1.165) is 19.1 Å². The van der Waals surface area contributed by atoms with E-state index in [1.807, 2.05) is 0 Å². The van der Waals surface area contributed by atoms with E-state index in [2.05, 4.69) is 33.0 Å². The van der Waals surface area contributed by atoms with Crippen molar-refractivity contribution in [1.29, 1.82) is 0 Å². The topological polar surface area (TPSA) is 21.3 Å². The van der Waals surface area contributed by atoms with Crippen LogP contribution in [-0.2, 0) is 4.74 Å². The molecule has 15 heavy (non-hydrogen) atoms. The molecule has 1 aliphatic carbocycles. The maximum absolute atomic E-state index is 6.07. The van der Waals surface area contributed by atoms with Crippen LogP contribution >= 0.6 is 0 Å². The van der Waals surface area contributed by atoms with E-state index in [1.165, 1.54) is 25.7 Å². The second kappa shape index (κ2) is 5.86. The molecule has 2 heteroatoms. The molecular weight excluding hydrogens is 186 g/mol. The molecule has 0 radical (unpaired) electrons. The predicted octanol–water partition coefficient (Wildman–Crippen LogP) is 2.97. The number of rotatable bonds is 5. The number of hydrogen-bond acceptors (Lipinski definition) is 2. The first kappa shape index (κ1) is 13.0. The molecule has 0 saturated heterocycles. The lowest BCUT2D eigenvalue weighted by Gasteiger charge is -2.43. The minimum atomic E-state index is 0.108. The number of hydrogen-bond donors (Lipinski definition) is 1. The fourth-order valence-electron chi connectivity index (χ4n) is 2.73. The first-order valence-corrected chi connectivity index (χ1v) is 6.52. The molecule has 1 fully saturated rings. The van der Waals surface area contributed by atoms with Gasteiger partial charge >= 0.3 is 0 Å². The summed E-state index contributed by atoms with van der Waals surface area (Å²) in [6, 6.07) is 0.481. The van der Waals surface area contributed by atoms with Crippen molar-refractivity contribution in [3.8, 4) is 0 Å². The van der Waals surface area contributed by atoms with Crippen LogP contribution in [0, 0.1) is 5.92 Å². The Morgan fingerprint density at radius 1 is 1.33 bits per heavy atom. The van der Waals surface area contributed by atoms with Crippen LogP contribution in [0.5, 0.6) is 0 Å². The van der Waals surface area contributed by atoms with Gasteiger partial charge in [-0.15, -0.1) is 0 Å². The van der Waals surface area contributed by atoms with E-state index >= 15 is 0 Å². The van der Waals surface area contributed by atoms with Crippen LogP contribution in [-0.4, -0.2) is 24.8 Å². The molecule has 0 aromatic rings. The van der Waals surface area contributed by atoms with Crippen LogP contribution in [0.25, 0.3) is 0 Å². The zero-order chi connectivity index (χ0) is 11.3. The van der Waals surface area contributed by atoms with Crippen molar-refractivity contribution < 1.29 is 4.74 Å². The van der Waals surface area contributed by atoms with E-state index in [4.69, 9.17) is 4.74 Å². The Morgan fingerprint density at radius 2 is 1.93 bits per heavy atom. The van der Waals surface area contributed by atoms with Gasteiger partial charge in [-0.1, -0.05) is 13.8 Å². The van der Waals surface area contributed by atoms with Gasteiger partial charge < -0.3 is 10.1 Å². The Morgan fingerprint density at radius 3 is 2.40 bits per heavy atom. The van der Waals surface area contributed by atoms with Crippen LogP contribution in [0.1, 0.15) is 53.4 Å². The van der Waals surface area contributed by atoms with Gasteiger partial charge in [0.05, 0.1) is 5.60 Å². The number of ether oxygens (including phenoxy) is 1. The smallest absolute Gasteiger partial charge is 0.0832 e. The van der Waals surface area contributed by atoms with Gasteiger partial charge in [0.25, 0.3) is 0 Å². The van der Waals surface area contributed by atoms with Crippen LogP contribution in [0.4, 0.5) is 0 Å². The molecule has 1 N–H and O–H groups in total. The summed E-state index contributed by atoms with van der Waals surface area (Å²) in [5, 5.41) is 3.53. The molecule has 1 rings (SSSR count). The third-order valence-electron chi connectivity index (χ3n) is 3.85. The summed E-state index contributed by atoms with van der Waals surface area (Å²) in [4.78, 5) is 0. The summed E-state index contributed by atoms with van der Waals surface area (Å²) in [6.07, 6.45) is 5.07. The number of nitrogens with one attached hydrogen (secondary N) is 1. The molecule has 1 saturated carbocycles. The van der Waals surface area contributed by atoms with Gasteiger partial charge in [-0.25, -0.2) is 0 Å². The lowest BCUT2D eigenvalue weighted by molar-refractivity contribution is -0.0920. The van der Waals surface area contributed by atoms with E-state index in [1.54, 1.807) is 0 Å². The van der Waals surface area contributed by atoms with Crippen molar-refractivity contribution in [3.63, 3.8) is 0 Å². The normalized spacial score (nSPS) is 34.0. The monoisotopic (exact) mass is 213 g/mol. The van der Waals surface area contributed by atoms with E-state index in [0.29, 0.717) is 6.04 Å². The number of likely N-dealkylation sites (N-methyl/N-ethyl adjacent to an activating group) is 1. The third-order valence-corrected chi connectivity index (χ3v) is 3.85. The van der Waals surface area contributed by atoms with Gasteiger partial charge in [-0.3, -0.25) is 0 Å². The highest BCUT2D eigenvalue weighted by molar-refractivity contribution is 4.94. The zero-order valence-corrected chi connectivity index (χ0v) is 10.8. The standard InChI is InChI=1S/C13H27NO/c1-5-14-12(4)13(15-6-2)9-7-11(3)8-10-13/h11-12,14H,5-10H2,1-4H3. The Balaban J connectivity index is 2.61. The van der Waals surface area contributed by atoms with Crippen molar-refractivity contribution in [2.75, 3.05) is 13.2 Å². The largest absolute Gasteiger partial charge is 0.374 e. The van der Waals surface area contributed by atoms with Crippen LogP contribution < -0.4 is 5.32 Å². The van der Waals surface area contributed by atoms with E-state index in [9.17, 15) is 0 Å². The quantitative estimate of drug-likeness (QED) is 0.758. The second-order valence-electron chi connectivity index (χ2n) is 4.96. The van der Waals surface area contributed by atoms with Gasteiger partial charge in [0.1, 0.15) is 0 Å². The maximum atomic E-state index is 6.07. The van der Waals surface area contributed by atoms with Crippen LogP contribution in [0.15, 0.2) is 0 Å². The van der Waals surface area contributed by atoms with Gasteiger partial charge in [-0.05, 0) is 52.0 Å². The Labute approximate surface area is 94.8 Å². The lowest BCUT2D eigenvalue weighted by atomic mass is 9.75. The Hall–Kier alpha value is -0.0800. The minimum absolute atomic E-state index is 0.108. The van der Waals surface area contributed by atoms with Gasteiger partial charge in [0.2, 0.25) is 0 Å². The summed E-state index contributed by atoms with van der Waals surface area (Å²) >= 11 is 0. The highest BCUT2D eigenvalue weighted by atomic mass is 16.5. The van der Waals surface area contributed by atoms with Crippen molar-refractivity contribution in [2.24, 2.45) is 5.92 Å². The van der Waals surface area contributed by atoms with Crippen molar-refractivity contribution in [1.82, 2.24) is 5.32 Å². The zero-order valence-electron chi connectivity index (χ0n) is 10.8. The van der Waals surface area contributed by atoms with Crippen molar-refractivity contribution in [2.45, 2.75) is 65.0 Å². The molecule has 0 aromatic carbocycles. The molecule has 90 valence electrons. The van der Waals surface area contributed by atoms with Crippen molar-refractivity contribution >= 4 is 0 Å². The second-order valence-corrected chi connectivity index (χ2v) is 4.96. The molecular formula is C13H27NO. The molecule has 1 atom stereocenters. The highest BCUT2D eigenvalue weighted by Gasteiger charge is 2.39. The summed E-state index contributed by atoms with van der Waals surface area (Å²) < 4.78 is 6.07. The molecule has 0 aromatic heterocycles. The summed E-state index contributed by atoms with van der Waals surface area (Å²) in [5.41, 5.74) is 0.108. The van der Waals surface area contributed by atoms with Gasteiger partial charge in [0.15, 0.2) is 0 Å². The average Bonchev–Trinajstić information content (AvgIpc) is 2.22. The van der Waals surface area contributed by atoms with Gasteiger partial charge in [0, 0.05) is 12.6 Å².